The summed E-state index contributed by atoms with van der Waals surface area (Å²) in [5.74, 6) is -0.313. The summed E-state index contributed by atoms with van der Waals surface area (Å²) in [6.07, 6.45) is 6.88. The van der Waals surface area contributed by atoms with Crippen molar-refractivity contribution in [2.75, 3.05) is 6.26 Å². The number of allylic oxidation sites excluding steroid dienone is 3. The van der Waals surface area contributed by atoms with Crippen molar-refractivity contribution in [3.05, 3.63) is 22.1 Å². The Kier molecular flexibility index (Phi) is 5.45. The minimum absolute atomic E-state index is 0.0819. The standard InChI is InChI=1S/C15H19ClO4S2/c1-3-10-11(15(16)17)8-12(22(2,19)20)13(14(10)21-18)9-6-4-5-7-9/h8-10H,3-7H2,1-2H3. The number of sulfone groups is 1. The molecule has 122 valence electrons. The molecule has 1 saturated carbocycles. The van der Waals surface area contributed by atoms with Crippen LogP contribution in [0.3, 0.4) is 0 Å². The molecule has 4 nitrogen and oxygen atoms in total. The Morgan fingerprint density at radius 2 is 1.95 bits per heavy atom. The Bertz CT molecular complexity index is 706. The summed E-state index contributed by atoms with van der Waals surface area (Å²) in [4.78, 5) is 12.2. The lowest BCUT2D eigenvalue weighted by molar-refractivity contribution is -0.108. The SMILES string of the molecule is CCC1C(C(=O)Cl)=CC(S(C)(=O)=O)=C(C2CCCC2)C1=S=O. The van der Waals surface area contributed by atoms with Crippen molar-refractivity contribution in [2.45, 2.75) is 39.0 Å². The summed E-state index contributed by atoms with van der Waals surface area (Å²) in [7, 11) is -3.53. The molecule has 0 aliphatic heterocycles. The summed E-state index contributed by atoms with van der Waals surface area (Å²) in [6, 6.07) is 0. The first-order chi connectivity index (χ1) is 10.3. The smallest absolute Gasteiger partial charge is 0.249 e. The van der Waals surface area contributed by atoms with Gasteiger partial charge in [-0.2, -0.15) is 0 Å². The molecule has 0 aromatic carbocycles. The van der Waals surface area contributed by atoms with Crippen LogP contribution in [0, 0.1) is 11.8 Å². The summed E-state index contributed by atoms with van der Waals surface area (Å²) < 4.78 is 36.1. The van der Waals surface area contributed by atoms with E-state index in [9.17, 15) is 17.4 Å². The van der Waals surface area contributed by atoms with Crippen molar-refractivity contribution in [3.63, 3.8) is 0 Å². The van der Waals surface area contributed by atoms with Crippen molar-refractivity contribution in [1.29, 1.82) is 0 Å². The molecule has 7 heteroatoms. The highest BCUT2D eigenvalue weighted by atomic mass is 35.5. The fourth-order valence-electron chi connectivity index (χ4n) is 3.40. The highest BCUT2D eigenvalue weighted by molar-refractivity contribution is 7.94. The number of rotatable bonds is 4. The van der Waals surface area contributed by atoms with Gasteiger partial charge in [0.2, 0.25) is 5.24 Å². The molecule has 1 atom stereocenters. The van der Waals surface area contributed by atoms with Crippen molar-refractivity contribution in [2.24, 2.45) is 11.8 Å². The van der Waals surface area contributed by atoms with Gasteiger partial charge in [-0.3, -0.25) is 4.79 Å². The third-order valence-corrected chi connectivity index (χ3v) is 6.44. The van der Waals surface area contributed by atoms with Gasteiger partial charge in [0, 0.05) is 17.7 Å². The monoisotopic (exact) mass is 362 g/mol. The first kappa shape index (κ1) is 17.6. The predicted octanol–water partition coefficient (Wildman–Crippen LogP) is 2.59. The van der Waals surface area contributed by atoms with Crippen LogP contribution >= 0.6 is 11.6 Å². The molecule has 0 saturated heterocycles. The molecular formula is C15H19ClO4S2. The van der Waals surface area contributed by atoms with Crippen LogP contribution < -0.4 is 0 Å². The Morgan fingerprint density at radius 3 is 2.36 bits per heavy atom. The fourth-order valence-corrected chi connectivity index (χ4v) is 5.44. The van der Waals surface area contributed by atoms with Crippen LogP contribution in [0.2, 0.25) is 0 Å². The van der Waals surface area contributed by atoms with Gasteiger partial charge in [-0.15, -0.1) is 0 Å². The normalized spacial score (nSPS) is 23.7. The third-order valence-electron chi connectivity index (χ3n) is 4.40. The molecule has 0 N–H and O–H groups in total. The van der Waals surface area contributed by atoms with Gasteiger partial charge in [-0.05, 0) is 48.4 Å². The van der Waals surface area contributed by atoms with E-state index in [0.717, 1.165) is 31.9 Å². The minimum atomic E-state index is -3.53. The zero-order valence-electron chi connectivity index (χ0n) is 12.6. The van der Waals surface area contributed by atoms with Crippen molar-refractivity contribution in [3.8, 4) is 0 Å². The fraction of sp³-hybridized carbons (Fsp3) is 0.600. The van der Waals surface area contributed by atoms with E-state index in [-0.39, 0.29) is 16.4 Å². The molecule has 0 aromatic heterocycles. The molecule has 0 bridgehead atoms. The Labute approximate surface area is 139 Å². The number of carbonyl (C=O) groups excluding carboxylic acids is 1. The number of hydrogen-bond donors (Lipinski definition) is 0. The van der Waals surface area contributed by atoms with Gasteiger partial charge in [0.1, 0.15) is 0 Å². The van der Waals surface area contributed by atoms with E-state index in [4.69, 9.17) is 11.6 Å². The van der Waals surface area contributed by atoms with Gasteiger partial charge in [-0.25, -0.2) is 12.6 Å². The van der Waals surface area contributed by atoms with Crippen LogP contribution in [-0.2, 0) is 25.9 Å². The largest absolute Gasteiger partial charge is 0.276 e. The molecule has 1 fully saturated rings. The van der Waals surface area contributed by atoms with E-state index in [1.807, 2.05) is 6.92 Å². The zero-order valence-corrected chi connectivity index (χ0v) is 15.0. The number of carbonyl (C=O) groups is 1. The van der Waals surface area contributed by atoms with Crippen molar-refractivity contribution < 1.29 is 17.4 Å². The summed E-state index contributed by atoms with van der Waals surface area (Å²) in [6.45, 7) is 1.87. The number of halogens is 1. The maximum atomic E-state index is 12.2. The van der Waals surface area contributed by atoms with Gasteiger partial charge in [0.05, 0.1) is 21.0 Å². The zero-order chi connectivity index (χ0) is 16.5. The van der Waals surface area contributed by atoms with Gasteiger partial charge >= 0.3 is 0 Å². The molecule has 0 spiro atoms. The first-order valence-corrected chi connectivity index (χ1v) is 10.3. The van der Waals surface area contributed by atoms with Crippen LogP contribution in [0.5, 0.6) is 0 Å². The first-order valence-electron chi connectivity index (χ1n) is 7.33. The Hall–Kier alpha value is -0.720. The molecule has 0 amide bonds. The Morgan fingerprint density at radius 1 is 1.36 bits per heavy atom. The highest BCUT2D eigenvalue weighted by Gasteiger charge is 2.38. The lowest BCUT2D eigenvalue weighted by Crippen LogP contribution is -2.30. The van der Waals surface area contributed by atoms with E-state index in [0.29, 0.717) is 28.1 Å². The minimum Gasteiger partial charge on any atom is -0.276 e. The highest BCUT2D eigenvalue weighted by Crippen LogP contribution is 2.41. The Balaban J connectivity index is 2.77. The molecule has 22 heavy (non-hydrogen) atoms. The maximum Gasteiger partial charge on any atom is 0.249 e. The number of hydrogen-bond acceptors (Lipinski definition) is 4. The summed E-state index contributed by atoms with van der Waals surface area (Å²) >= 11 is 5.93. The van der Waals surface area contributed by atoms with E-state index in [1.54, 1.807) is 0 Å². The van der Waals surface area contributed by atoms with Gasteiger partial charge in [0.15, 0.2) is 9.84 Å². The van der Waals surface area contributed by atoms with E-state index >= 15 is 0 Å². The predicted molar refractivity (Wildman–Crippen MR) is 89.7 cm³/mol. The average molecular weight is 363 g/mol. The van der Waals surface area contributed by atoms with E-state index in [1.165, 1.54) is 6.08 Å². The molecule has 0 radical (unpaired) electrons. The second kappa shape index (κ2) is 6.81. The third kappa shape index (κ3) is 3.29. The topological polar surface area (TPSA) is 68.3 Å². The maximum absolute atomic E-state index is 12.2. The van der Waals surface area contributed by atoms with E-state index in [2.05, 4.69) is 0 Å². The van der Waals surface area contributed by atoms with Crippen LogP contribution in [0.4, 0.5) is 0 Å². The van der Waals surface area contributed by atoms with Crippen LogP contribution in [0.15, 0.2) is 22.1 Å². The second-order valence-corrected chi connectivity index (χ2v) is 8.75. The molecule has 0 aromatic rings. The average Bonchev–Trinajstić information content (AvgIpc) is 2.97. The van der Waals surface area contributed by atoms with Gasteiger partial charge in [-0.1, -0.05) is 19.8 Å². The van der Waals surface area contributed by atoms with Gasteiger partial charge < -0.3 is 0 Å². The quantitative estimate of drug-likeness (QED) is 0.569. The molecule has 2 aliphatic rings. The summed E-state index contributed by atoms with van der Waals surface area (Å²) in [5, 5.41) is -0.690. The molecule has 2 rings (SSSR count). The molecular weight excluding hydrogens is 344 g/mol. The van der Waals surface area contributed by atoms with Crippen molar-refractivity contribution in [1.82, 2.24) is 0 Å². The van der Waals surface area contributed by atoms with Crippen LogP contribution in [0.25, 0.3) is 0 Å². The summed E-state index contributed by atoms with van der Waals surface area (Å²) in [5.41, 5.74) is 0.846. The van der Waals surface area contributed by atoms with E-state index < -0.39 is 21.0 Å². The van der Waals surface area contributed by atoms with Gasteiger partial charge in [0.25, 0.3) is 0 Å². The van der Waals surface area contributed by atoms with Crippen molar-refractivity contribution >= 4 is 42.8 Å². The second-order valence-electron chi connectivity index (χ2n) is 5.81. The lowest BCUT2D eigenvalue weighted by atomic mass is 9.80. The molecule has 2 aliphatic carbocycles. The molecule has 1 unspecified atom stereocenters. The lowest BCUT2D eigenvalue weighted by Gasteiger charge is -2.29. The van der Waals surface area contributed by atoms with Crippen LogP contribution in [0.1, 0.15) is 39.0 Å². The van der Waals surface area contributed by atoms with Crippen LogP contribution in [-0.4, -0.2) is 29.0 Å². The molecule has 0 heterocycles.